The van der Waals surface area contributed by atoms with Crippen molar-refractivity contribution in [2.24, 2.45) is 0 Å². The number of aryl methyl sites for hydroxylation is 1. The zero-order valence-electron chi connectivity index (χ0n) is 16.4. The number of nitrogens with one attached hydrogen (secondary N) is 1. The third kappa shape index (κ3) is 2.54. The summed E-state index contributed by atoms with van der Waals surface area (Å²) in [6.07, 6.45) is 5.00. The highest BCUT2D eigenvalue weighted by Gasteiger charge is 2.40. The maximum Gasteiger partial charge on any atom is 0.226 e. The van der Waals surface area contributed by atoms with Gasteiger partial charge in [-0.3, -0.25) is 4.98 Å². The lowest BCUT2D eigenvalue weighted by Crippen LogP contribution is -2.32. The summed E-state index contributed by atoms with van der Waals surface area (Å²) in [5.74, 6) is 1.57. The second kappa shape index (κ2) is 6.56. The molecule has 0 radical (unpaired) electrons. The molecule has 146 valence electrons. The van der Waals surface area contributed by atoms with Crippen LogP contribution in [0.5, 0.6) is 5.75 Å². The normalized spacial score (nSPS) is 19.2. The van der Waals surface area contributed by atoms with Gasteiger partial charge in [-0.15, -0.1) is 0 Å². The number of anilines is 1. The van der Waals surface area contributed by atoms with Gasteiger partial charge in [-0.05, 0) is 36.2 Å². The zero-order valence-corrected chi connectivity index (χ0v) is 16.4. The molecule has 6 heteroatoms. The molecule has 0 saturated carbocycles. The SMILES string of the molecule is Cc1ccc2c(c1)C1=C([C@H](c3ccccc3)O2)[C@H](c2cccnc2)n2ncnc2N1. The van der Waals surface area contributed by atoms with E-state index < -0.39 is 0 Å². The van der Waals surface area contributed by atoms with Crippen LogP contribution in [0.3, 0.4) is 0 Å². The molecule has 0 aliphatic carbocycles. The number of ether oxygens (including phenoxy) is 1. The first-order chi connectivity index (χ1) is 14.8. The monoisotopic (exact) mass is 393 g/mol. The average Bonchev–Trinajstić information content (AvgIpc) is 3.27. The maximum atomic E-state index is 6.61. The van der Waals surface area contributed by atoms with Gasteiger partial charge in [0.25, 0.3) is 0 Å². The first-order valence-electron chi connectivity index (χ1n) is 9.93. The third-order valence-electron chi connectivity index (χ3n) is 5.67. The van der Waals surface area contributed by atoms with E-state index in [0.29, 0.717) is 5.95 Å². The topological polar surface area (TPSA) is 64.9 Å². The molecule has 2 aromatic carbocycles. The van der Waals surface area contributed by atoms with Crippen LogP contribution in [0.15, 0.2) is 85.0 Å². The van der Waals surface area contributed by atoms with Crippen LogP contribution in [0, 0.1) is 6.92 Å². The number of fused-ring (bicyclic) bond motifs is 3. The molecule has 2 aromatic heterocycles. The van der Waals surface area contributed by atoms with Crippen LogP contribution in [0.4, 0.5) is 5.95 Å². The molecule has 0 saturated heterocycles. The first kappa shape index (κ1) is 17.0. The fraction of sp³-hybridized carbons (Fsp3) is 0.125. The Morgan fingerprint density at radius 1 is 1.00 bits per heavy atom. The molecule has 2 aliphatic rings. The molecule has 0 bridgehead atoms. The molecule has 30 heavy (non-hydrogen) atoms. The number of hydrogen-bond acceptors (Lipinski definition) is 5. The number of aromatic nitrogens is 4. The first-order valence-corrected chi connectivity index (χ1v) is 9.93. The molecule has 4 heterocycles. The van der Waals surface area contributed by atoms with E-state index in [9.17, 15) is 0 Å². The molecular weight excluding hydrogens is 374 g/mol. The molecule has 4 aromatic rings. The Kier molecular flexibility index (Phi) is 3.71. The van der Waals surface area contributed by atoms with Crippen LogP contribution in [-0.4, -0.2) is 19.7 Å². The molecular formula is C24H19N5O. The van der Waals surface area contributed by atoms with E-state index in [-0.39, 0.29) is 12.1 Å². The summed E-state index contributed by atoms with van der Waals surface area (Å²) in [4.78, 5) is 8.83. The van der Waals surface area contributed by atoms with Crippen molar-refractivity contribution in [3.63, 3.8) is 0 Å². The number of rotatable bonds is 2. The van der Waals surface area contributed by atoms with E-state index >= 15 is 0 Å². The molecule has 6 rings (SSSR count). The van der Waals surface area contributed by atoms with Crippen LogP contribution in [-0.2, 0) is 0 Å². The van der Waals surface area contributed by atoms with Crippen LogP contribution in [0.1, 0.15) is 34.4 Å². The molecule has 0 spiro atoms. The summed E-state index contributed by atoms with van der Waals surface area (Å²) < 4.78 is 8.52. The summed E-state index contributed by atoms with van der Waals surface area (Å²) in [7, 11) is 0. The Labute approximate surface area is 173 Å². The number of nitrogens with zero attached hydrogens (tertiary/aromatic N) is 4. The molecule has 1 N–H and O–H groups in total. The summed E-state index contributed by atoms with van der Waals surface area (Å²) in [5, 5.41) is 8.06. The standard InChI is InChI=1S/C24H19N5O/c1-15-9-10-19-18(12-15)21-20(23(30-19)16-6-3-2-4-7-16)22(17-8-5-11-25-13-17)29-24(28-21)26-14-27-29/h2-14,22-23H,1H3,(H,26,27,28)/t22-,23-/m0/s1. The highest BCUT2D eigenvalue weighted by atomic mass is 16.5. The number of benzene rings is 2. The van der Waals surface area contributed by atoms with Crippen molar-refractivity contribution in [3.05, 3.63) is 107 Å². The van der Waals surface area contributed by atoms with Gasteiger partial charge < -0.3 is 10.1 Å². The Balaban J connectivity index is 1.65. The van der Waals surface area contributed by atoms with Gasteiger partial charge >= 0.3 is 0 Å². The molecule has 2 atom stereocenters. The Bertz CT molecular complexity index is 1260. The van der Waals surface area contributed by atoms with Crippen LogP contribution in [0.2, 0.25) is 0 Å². The van der Waals surface area contributed by atoms with Crippen molar-refractivity contribution < 1.29 is 4.74 Å². The van der Waals surface area contributed by atoms with Gasteiger partial charge in [0.1, 0.15) is 24.2 Å². The van der Waals surface area contributed by atoms with Gasteiger partial charge in [0.15, 0.2) is 0 Å². The molecule has 0 amide bonds. The maximum absolute atomic E-state index is 6.61. The van der Waals surface area contributed by atoms with Crippen LogP contribution in [0.25, 0.3) is 5.70 Å². The van der Waals surface area contributed by atoms with Crippen molar-refractivity contribution in [3.8, 4) is 5.75 Å². The summed E-state index contributed by atoms with van der Waals surface area (Å²) >= 11 is 0. The number of hydrogen-bond donors (Lipinski definition) is 1. The summed E-state index contributed by atoms with van der Waals surface area (Å²) in [5.41, 5.74) is 6.48. The minimum atomic E-state index is -0.258. The third-order valence-corrected chi connectivity index (χ3v) is 5.67. The van der Waals surface area contributed by atoms with Gasteiger partial charge in [0, 0.05) is 23.5 Å². The molecule has 6 nitrogen and oxygen atoms in total. The quantitative estimate of drug-likeness (QED) is 0.542. The highest BCUT2D eigenvalue weighted by molar-refractivity contribution is 5.85. The molecule has 2 aliphatic heterocycles. The van der Waals surface area contributed by atoms with E-state index in [4.69, 9.17) is 4.74 Å². The predicted octanol–water partition coefficient (Wildman–Crippen LogP) is 4.54. The molecule has 0 unspecified atom stereocenters. The fourth-order valence-electron chi connectivity index (χ4n) is 4.34. The van der Waals surface area contributed by atoms with Gasteiger partial charge in [-0.25, -0.2) is 4.68 Å². The Hall–Kier alpha value is -3.93. The summed E-state index contributed by atoms with van der Waals surface area (Å²) in [6.45, 7) is 2.09. The highest BCUT2D eigenvalue weighted by Crippen LogP contribution is 2.50. The van der Waals surface area contributed by atoms with E-state index in [1.165, 1.54) is 5.56 Å². The Morgan fingerprint density at radius 2 is 1.87 bits per heavy atom. The van der Waals surface area contributed by atoms with Crippen molar-refractivity contribution in [2.45, 2.75) is 19.1 Å². The van der Waals surface area contributed by atoms with Gasteiger partial charge in [-0.2, -0.15) is 10.1 Å². The average molecular weight is 393 g/mol. The predicted molar refractivity (Wildman–Crippen MR) is 114 cm³/mol. The smallest absolute Gasteiger partial charge is 0.226 e. The van der Waals surface area contributed by atoms with E-state index in [2.05, 4.69) is 57.6 Å². The van der Waals surface area contributed by atoms with Gasteiger partial charge in [0.05, 0.1) is 5.70 Å². The zero-order chi connectivity index (χ0) is 20.1. The van der Waals surface area contributed by atoms with Gasteiger partial charge in [-0.1, -0.05) is 48.0 Å². The molecule has 0 fully saturated rings. The van der Waals surface area contributed by atoms with Crippen molar-refractivity contribution >= 4 is 11.6 Å². The number of pyridine rings is 1. The van der Waals surface area contributed by atoms with E-state index in [1.54, 1.807) is 12.5 Å². The van der Waals surface area contributed by atoms with Crippen molar-refractivity contribution in [2.75, 3.05) is 5.32 Å². The van der Waals surface area contributed by atoms with Crippen LogP contribution >= 0.6 is 0 Å². The second-order valence-electron chi connectivity index (χ2n) is 7.58. The van der Waals surface area contributed by atoms with Crippen molar-refractivity contribution in [1.29, 1.82) is 0 Å². The van der Waals surface area contributed by atoms with E-state index in [1.807, 2.05) is 41.2 Å². The minimum absolute atomic E-state index is 0.175. The lowest BCUT2D eigenvalue weighted by atomic mass is 9.85. The lowest BCUT2D eigenvalue weighted by Gasteiger charge is -2.39. The van der Waals surface area contributed by atoms with Crippen molar-refractivity contribution in [1.82, 2.24) is 19.7 Å². The largest absolute Gasteiger partial charge is 0.480 e. The minimum Gasteiger partial charge on any atom is -0.480 e. The lowest BCUT2D eigenvalue weighted by molar-refractivity contribution is 0.223. The van der Waals surface area contributed by atoms with Crippen LogP contribution < -0.4 is 10.1 Å². The van der Waals surface area contributed by atoms with E-state index in [0.717, 1.165) is 33.7 Å². The van der Waals surface area contributed by atoms with Gasteiger partial charge in [0.2, 0.25) is 5.95 Å². The fourth-order valence-corrected chi connectivity index (χ4v) is 4.34. The Morgan fingerprint density at radius 3 is 2.70 bits per heavy atom. The summed E-state index contributed by atoms with van der Waals surface area (Å²) in [6, 6.07) is 20.4. The second-order valence-corrected chi connectivity index (χ2v) is 7.58.